The van der Waals surface area contributed by atoms with Crippen molar-refractivity contribution in [1.29, 1.82) is 0 Å². The van der Waals surface area contributed by atoms with E-state index in [4.69, 9.17) is 5.73 Å². The quantitative estimate of drug-likeness (QED) is 0.594. The smallest absolute Gasteiger partial charge is 0.0105 e. The van der Waals surface area contributed by atoms with Crippen molar-refractivity contribution in [3.05, 3.63) is 0 Å². The normalized spacial score (nSPS) is 22.3. The van der Waals surface area contributed by atoms with E-state index in [1.807, 2.05) is 11.8 Å². The molecule has 2 N–H and O–H groups in total. The van der Waals surface area contributed by atoms with Gasteiger partial charge >= 0.3 is 0 Å². The lowest BCUT2D eigenvalue weighted by molar-refractivity contribution is 0.311. The highest BCUT2D eigenvalue weighted by Crippen LogP contribution is 2.07. The zero-order chi connectivity index (χ0) is 6.53. The summed E-state index contributed by atoms with van der Waals surface area (Å²) >= 11 is 2.04. The highest BCUT2D eigenvalue weighted by molar-refractivity contribution is 7.99. The van der Waals surface area contributed by atoms with Crippen LogP contribution >= 0.6 is 11.8 Å². The van der Waals surface area contributed by atoms with Gasteiger partial charge in [-0.25, -0.2) is 0 Å². The molecule has 0 radical (unpaired) electrons. The van der Waals surface area contributed by atoms with Gasteiger partial charge in [0, 0.05) is 37.7 Å². The van der Waals surface area contributed by atoms with Gasteiger partial charge in [0.1, 0.15) is 0 Å². The van der Waals surface area contributed by atoms with Gasteiger partial charge in [-0.05, 0) is 0 Å². The van der Waals surface area contributed by atoms with Gasteiger partial charge in [-0.3, -0.25) is 0 Å². The Balaban J connectivity index is 2.08. The average Bonchev–Trinajstić information content (AvgIpc) is 1.91. The molecule has 0 unspecified atom stereocenters. The molecule has 1 aliphatic heterocycles. The van der Waals surface area contributed by atoms with Gasteiger partial charge in [-0.2, -0.15) is 11.8 Å². The first-order valence-corrected chi connectivity index (χ1v) is 4.59. The standard InChI is InChI=1S/C6H14N2S/c7-1-2-8-3-5-9-6-4-8/h1-7H2. The van der Waals surface area contributed by atoms with E-state index in [0.717, 1.165) is 13.1 Å². The van der Waals surface area contributed by atoms with Crippen LogP contribution < -0.4 is 5.73 Å². The summed E-state index contributed by atoms with van der Waals surface area (Å²) in [7, 11) is 0. The topological polar surface area (TPSA) is 29.3 Å². The number of rotatable bonds is 2. The third-order valence-electron chi connectivity index (χ3n) is 1.55. The van der Waals surface area contributed by atoms with E-state index in [9.17, 15) is 0 Å². The molecule has 0 spiro atoms. The molecular formula is C6H14N2S. The van der Waals surface area contributed by atoms with Crippen LogP contribution in [0, 0.1) is 0 Å². The SMILES string of the molecule is NCCN1CCSCC1. The van der Waals surface area contributed by atoms with Gasteiger partial charge in [0.2, 0.25) is 0 Å². The Bertz CT molecular complexity index is 68.7. The number of hydrogen-bond acceptors (Lipinski definition) is 3. The summed E-state index contributed by atoms with van der Waals surface area (Å²) in [6, 6.07) is 0. The van der Waals surface area contributed by atoms with Crippen LogP contribution in [-0.2, 0) is 0 Å². The number of nitrogens with zero attached hydrogens (tertiary/aromatic N) is 1. The summed E-state index contributed by atoms with van der Waals surface area (Å²) in [6.07, 6.45) is 0. The summed E-state index contributed by atoms with van der Waals surface area (Å²) in [5.41, 5.74) is 5.41. The van der Waals surface area contributed by atoms with Crippen molar-refractivity contribution in [3.63, 3.8) is 0 Å². The lowest BCUT2D eigenvalue weighted by Crippen LogP contribution is -2.36. The zero-order valence-electron chi connectivity index (χ0n) is 5.68. The average molecular weight is 146 g/mol. The Morgan fingerprint density at radius 1 is 1.33 bits per heavy atom. The number of nitrogens with two attached hydrogens (primary N) is 1. The van der Waals surface area contributed by atoms with Crippen LogP contribution in [-0.4, -0.2) is 42.6 Å². The minimum atomic E-state index is 0.810. The van der Waals surface area contributed by atoms with Crippen molar-refractivity contribution in [1.82, 2.24) is 4.90 Å². The van der Waals surface area contributed by atoms with Crippen LogP contribution in [0.1, 0.15) is 0 Å². The molecule has 0 aromatic carbocycles. The molecule has 1 fully saturated rings. The first-order chi connectivity index (χ1) is 4.43. The van der Waals surface area contributed by atoms with Crippen LogP contribution in [0.5, 0.6) is 0 Å². The summed E-state index contributed by atoms with van der Waals surface area (Å²) in [6.45, 7) is 4.37. The minimum Gasteiger partial charge on any atom is -0.329 e. The molecule has 1 heterocycles. The van der Waals surface area contributed by atoms with Crippen LogP contribution in [0.3, 0.4) is 0 Å². The van der Waals surface area contributed by atoms with Crippen LogP contribution in [0.15, 0.2) is 0 Å². The van der Waals surface area contributed by atoms with Crippen LogP contribution in [0.2, 0.25) is 0 Å². The van der Waals surface area contributed by atoms with Crippen molar-refractivity contribution >= 4 is 11.8 Å². The molecule has 54 valence electrons. The molecular weight excluding hydrogens is 132 g/mol. The van der Waals surface area contributed by atoms with E-state index in [1.165, 1.54) is 24.6 Å². The number of hydrogen-bond donors (Lipinski definition) is 1. The predicted octanol–water partition coefficient (Wildman–Crippen LogP) is -0.00610. The molecule has 0 saturated carbocycles. The fourth-order valence-electron chi connectivity index (χ4n) is 1.01. The molecule has 2 nitrogen and oxygen atoms in total. The van der Waals surface area contributed by atoms with E-state index < -0.39 is 0 Å². The third kappa shape index (κ3) is 2.56. The zero-order valence-corrected chi connectivity index (χ0v) is 6.49. The Morgan fingerprint density at radius 3 is 2.56 bits per heavy atom. The second-order valence-electron chi connectivity index (χ2n) is 2.24. The largest absolute Gasteiger partial charge is 0.329 e. The predicted molar refractivity (Wildman–Crippen MR) is 42.8 cm³/mol. The molecule has 0 aromatic heterocycles. The fourth-order valence-corrected chi connectivity index (χ4v) is 1.99. The van der Waals surface area contributed by atoms with Crippen molar-refractivity contribution in [3.8, 4) is 0 Å². The molecule has 0 amide bonds. The van der Waals surface area contributed by atoms with Gasteiger partial charge < -0.3 is 10.6 Å². The Hall–Kier alpha value is 0.270. The highest BCUT2D eigenvalue weighted by Gasteiger charge is 2.07. The number of thioether (sulfide) groups is 1. The van der Waals surface area contributed by atoms with Crippen molar-refractivity contribution in [2.45, 2.75) is 0 Å². The van der Waals surface area contributed by atoms with Gasteiger partial charge in [-0.15, -0.1) is 0 Å². The maximum atomic E-state index is 5.41. The lowest BCUT2D eigenvalue weighted by Gasteiger charge is -2.25. The molecule has 0 aromatic rings. The van der Waals surface area contributed by atoms with Crippen molar-refractivity contribution in [2.75, 3.05) is 37.7 Å². The van der Waals surface area contributed by atoms with E-state index in [0.29, 0.717) is 0 Å². The molecule has 0 aliphatic carbocycles. The molecule has 9 heavy (non-hydrogen) atoms. The summed E-state index contributed by atoms with van der Waals surface area (Å²) in [4.78, 5) is 2.43. The van der Waals surface area contributed by atoms with Gasteiger partial charge in [0.25, 0.3) is 0 Å². The van der Waals surface area contributed by atoms with Gasteiger partial charge in [0.15, 0.2) is 0 Å². The van der Waals surface area contributed by atoms with E-state index in [2.05, 4.69) is 4.90 Å². The summed E-state index contributed by atoms with van der Waals surface area (Å²) < 4.78 is 0. The van der Waals surface area contributed by atoms with Crippen LogP contribution in [0.4, 0.5) is 0 Å². The second kappa shape index (κ2) is 4.14. The van der Waals surface area contributed by atoms with Crippen molar-refractivity contribution < 1.29 is 0 Å². The Labute approximate surface area is 60.8 Å². The Kier molecular flexibility index (Phi) is 3.40. The first-order valence-electron chi connectivity index (χ1n) is 3.43. The molecule has 1 aliphatic rings. The molecule has 0 atom stereocenters. The van der Waals surface area contributed by atoms with E-state index in [-0.39, 0.29) is 0 Å². The first kappa shape index (κ1) is 7.38. The van der Waals surface area contributed by atoms with E-state index >= 15 is 0 Å². The molecule has 1 saturated heterocycles. The molecule has 1 rings (SSSR count). The fraction of sp³-hybridized carbons (Fsp3) is 1.00. The van der Waals surface area contributed by atoms with E-state index in [1.54, 1.807) is 0 Å². The van der Waals surface area contributed by atoms with Gasteiger partial charge in [0.05, 0.1) is 0 Å². The monoisotopic (exact) mass is 146 g/mol. The second-order valence-corrected chi connectivity index (χ2v) is 3.47. The Morgan fingerprint density at radius 2 is 2.00 bits per heavy atom. The maximum Gasteiger partial charge on any atom is 0.0105 e. The highest BCUT2D eigenvalue weighted by atomic mass is 32.2. The molecule has 3 heteroatoms. The minimum absolute atomic E-state index is 0.810. The lowest BCUT2D eigenvalue weighted by atomic mass is 10.5. The summed E-state index contributed by atoms with van der Waals surface area (Å²) in [5, 5.41) is 0. The third-order valence-corrected chi connectivity index (χ3v) is 2.49. The molecule has 0 bridgehead atoms. The summed E-state index contributed by atoms with van der Waals surface area (Å²) in [5.74, 6) is 2.58. The van der Waals surface area contributed by atoms with Gasteiger partial charge in [-0.1, -0.05) is 0 Å². The maximum absolute atomic E-state index is 5.41. The van der Waals surface area contributed by atoms with Crippen molar-refractivity contribution in [2.24, 2.45) is 5.73 Å². The van der Waals surface area contributed by atoms with Crippen LogP contribution in [0.25, 0.3) is 0 Å².